The van der Waals surface area contributed by atoms with E-state index >= 15 is 0 Å². The highest BCUT2D eigenvalue weighted by atomic mass is 32.1. The summed E-state index contributed by atoms with van der Waals surface area (Å²) in [5.41, 5.74) is 2.82. The lowest BCUT2D eigenvalue weighted by molar-refractivity contribution is -0.114. The molecule has 0 spiro atoms. The lowest BCUT2D eigenvalue weighted by atomic mass is 10.1. The number of nitrogens with one attached hydrogen (secondary N) is 2. The highest BCUT2D eigenvalue weighted by Gasteiger charge is 2.07. The SMILES string of the molecule is CC(=O)Nc1ccc(-c2cc(Cc3cccs3)c(=O)[nH]n2)cc1. The molecule has 0 unspecified atom stereocenters. The third kappa shape index (κ3) is 3.73. The Morgan fingerprint density at radius 2 is 2.04 bits per heavy atom. The molecule has 0 aliphatic carbocycles. The second-order valence-corrected chi connectivity index (χ2v) is 6.15. The van der Waals surface area contributed by atoms with Crippen molar-refractivity contribution in [1.82, 2.24) is 10.2 Å². The van der Waals surface area contributed by atoms with E-state index in [1.165, 1.54) is 6.92 Å². The molecule has 23 heavy (non-hydrogen) atoms. The van der Waals surface area contributed by atoms with Gasteiger partial charge in [0.15, 0.2) is 0 Å². The Balaban J connectivity index is 1.88. The number of anilines is 1. The van der Waals surface area contributed by atoms with Gasteiger partial charge in [-0.3, -0.25) is 9.59 Å². The van der Waals surface area contributed by atoms with Gasteiger partial charge in [-0.1, -0.05) is 18.2 Å². The van der Waals surface area contributed by atoms with Gasteiger partial charge in [0.2, 0.25) is 5.91 Å². The molecule has 1 amide bonds. The Kier molecular flexibility index (Phi) is 4.34. The van der Waals surface area contributed by atoms with Crippen LogP contribution in [0, 0.1) is 0 Å². The Labute approximate surface area is 137 Å². The molecule has 3 rings (SSSR count). The van der Waals surface area contributed by atoms with E-state index in [1.807, 2.05) is 47.8 Å². The first-order valence-electron chi connectivity index (χ1n) is 7.11. The largest absolute Gasteiger partial charge is 0.326 e. The van der Waals surface area contributed by atoms with Crippen LogP contribution >= 0.6 is 11.3 Å². The van der Waals surface area contributed by atoms with Gasteiger partial charge in [0.05, 0.1) is 5.69 Å². The van der Waals surface area contributed by atoms with Gasteiger partial charge in [0.1, 0.15) is 0 Å². The number of hydrogen-bond acceptors (Lipinski definition) is 4. The highest BCUT2D eigenvalue weighted by Crippen LogP contribution is 2.20. The minimum atomic E-state index is -0.169. The minimum Gasteiger partial charge on any atom is -0.326 e. The summed E-state index contributed by atoms with van der Waals surface area (Å²) in [4.78, 5) is 24.1. The van der Waals surface area contributed by atoms with Gasteiger partial charge in [0.25, 0.3) is 5.56 Å². The predicted molar refractivity (Wildman–Crippen MR) is 91.7 cm³/mol. The molecule has 0 aliphatic heterocycles. The predicted octanol–water partition coefficient (Wildman–Crippen LogP) is 3.05. The monoisotopic (exact) mass is 325 g/mol. The van der Waals surface area contributed by atoms with Crippen molar-refractivity contribution in [1.29, 1.82) is 0 Å². The van der Waals surface area contributed by atoms with Crippen molar-refractivity contribution >= 4 is 22.9 Å². The van der Waals surface area contributed by atoms with Crippen molar-refractivity contribution in [2.24, 2.45) is 0 Å². The third-order valence-corrected chi connectivity index (χ3v) is 4.20. The first-order chi connectivity index (χ1) is 11.1. The number of H-pyrrole nitrogens is 1. The molecular weight excluding hydrogens is 310 g/mol. The molecule has 0 saturated heterocycles. The smallest absolute Gasteiger partial charge is 0.267 e. The molecular formula is C17H15N3O2S. The summed E-state index contributed by atoms with van der Waals surface area (Å²) in [6.07, 6.45) is 0.590. The fourth-order valence-electron chi connectivity index (χ4n) is 2.25. The number of aromatic nitrogens is 2. The number of rotatable bonds is 4. The number of amides is 1. The van der Waals surface area contributed by atoms with Crippen molar-refractivity contribution in [3.63, 3.8) is 0 Å². The van der Waals surface area contributed by atoms with Gasteiger partial charge in [-0.05, 0) is 29.6 Å². The van der Waals surface area contributed by atoms with E-state index in [0.29, 0.717) is 17.7 Å². The molecule has 2 N–H and O–H groups in total. The number of carbonyl (C=O) groups excluding carboxylic acids is 1. The van der Waals surface area contributed by atoms with Crippen LogP contribution in [0.1, 0.15) is 17.4 Å². The normalized spacial score (nSPS) is 10.5. The maximum absolute atomic E-state index is 11.9. The first kappa shape index (κ1) is 15.2. The van der Waals surface area contributed by atoms with Crippen LogP contribution in [0.5, 0.6) is 0 Å². The van der Waals surface area contributed by atoms with Crippen LogP contribution in [0.25, 0.3) is 11.3 Å². The zero-order chi connectivity index (χ0) is 16.2. The van der Waals surface area contributed by atoms with Crippen LogP contribution < -0.4 is 10.9 Å². The Morgan fingerprint density at radius 3 is 2.70 bits per heavy atom. The Bertz CT molecular complexity index is 868. The van der Waals surface area contributed by atoms with Crippen molar-refractivity contribution < 1.29 is 4.79 Å². The fourth-order valence-corrected chi connectivity index (χ4v) is 2.98. The van der Waals surface area contributed by atoms with E-state index in [4.69, 9.17) is 0 Å². The summed E-state index contributed by atoms with van der Waals surface area (Å²) in [5, 5.41) is 11.4. The minimum absolute atomic E-state index is 0.113. The molecule has 6 heteroatoms. The molecule has 0 bridgehead atoms. The summed E-state index contributed by atoms with van der Waals surface area (Å²) >= 11 is 1.62. The molecule has 116 valence electrons. The van der Waals surface area contributed by atoms with E-state index in [1.54, 1.807) is 11.3 Å². The van der Waals surface area contributed by atoms with Crippen molar-refractivity contribution in [3.05, 3.63) is 68.6 Å². The quantitative estimate of drug-likeness (QED) is 0.774. The molecule has 0 saturated carbocycles. The van der Waals surface area contributed by atoms with Crippen LogP contribution in [0.3, 0.4) is 0 Å². The zero-order valence-electron chi connectivity index (χ0n) is 12.5. The average molecular weight is 325 g/mol. The topological polar surface area (TPSA) is 74.8 Å². The van der Waals surface area contributed by atoms with Gasteiger partial charge < -0.3 is 5.32 Å². The number of aromatic amines is 1. The molecule has 2 heterocycles. The summed E-state index contributed by atoms with van der Waals surface area (Å²) in [5.74, 6) is -0.113. The van der Waals surface area contributed by atoms with Gasteiger partial charge in [-0.15, -0.1) is 11.3 Å². The molecule has 1 aromatic carbocycles. The van der Waals surface area contributed by atoms with Crippen LogP contribution in [0.2, 0.25) is 0 Å². The standard InChI is InChI=1S/C17H15N3O2S/c1-11(21)18-14-6-4-12(5-7-14)16-10-13(17(22)20-19-16)9-15-3-2-8-23-15/h2-8,10H,9H2,1H3,(H,18,21)(H,20,22). The molecule has 2 aromatic heterocycles. The van der Waals surface area contributed by atoms with Gasteiger partial charge in [-0.25, -0.2) is 5.10 Å². The molecule has 0 fully saturated rings. The average Bonchev–Trinajstić information content (AvgIpc) is 3.03. The lowest BCUT2D eigenvalue weighted by Crippen LogP contribution is -2.14. The third-order valence-electron chi connectivity index (χ3n) is 3.33. The summed E-state index contributed by atoms with van der Waals surface area (Å²) in [7, 11) is 0. The van der Waals surface area contributed by atoms with Crippen LogP contribution in [0.4, 0.5) is 5.69 Å². The van der Waals surface area contributed by atoms with E-state index in [9.17, 15) is 9.59 Å². The van der Waals surface area contributed by atoms with Gasteiger partial charge in [0, 0.05) is 35.0 Å². The number of benzene rings is 1. The second-order valence-electron chi connectivity index (χ2n) is 5.12. The summed E-state index contributed by atoms with van der Waals surface area (Å²) in [6.45, 7) is 1.47. The number of carbonyl (C=O) groups is 1. The van der Waals surface area contributed by atoms with E-state index in [2.05, 4.69) is 15.5 Å². The summed E-state index contributed by atoms with van der Waals surface area (Å²) < 4.78 is 0. The number of nitrogens with zero attached hydrogens (tertiary/aromatic N) is 1. The first-order valence-corrected chi connectivity index (χ1v) is 7.99. The van der Waals surface area contributed by atoms with Gasteiger partial charge >= 0.3 is 0 Å². The summed E-state index contributed by atoms with van der Waals surface area (Å²) in [6, 6.07) is 13.1. The van der Waals surface area contributed by atoms with Crippen LogP contribution in [-0.2, 0) is 11.2 Å². The van der Waals surface area contributed by atoms with Crippen LogP contribution in [-0.4, -0.2) is 16.1 Å². The van der Waals surface area contributed by atoms with Crippen LogP contribution in [0.15, 0.2) is 52.6 Å². The zero-order valence-corrected chi connectivity index (χ0v) is 13.3. The van der Waals surface area contributed by atoms with Gasteiger partial charge in [-0.2, -0.15) is 5.10 Å². The maximum atomic E-state index is 11.9. The molecule has 0 aliphatic rings. The van der Waals surface area contributed by atoms with E-state index in [0.717, 1.165) is 16.1 Å². The maximum Gasteiger partial charge on any atom is 0.267 e. The Hall–Kier alpha value is -2.73. The van der Waals surface area contributed by atoms with Crippen molar-refractivity contribution in [2.45, 2.75) is 13.3 Å². The molecule has 0 atom stereocenters. The second kappa shape index (κ2) is 6.58. The number of hydrogen-bond donors (Lipinski definition) is 2. The molecule has 0 radical (unpaired) electrons. The van der Waals surface area contributed by atoms with Crippen molar-refractivity contribution in [3.8, 4) is 11.3 Å². The Morgan fingerprint density at radius 1 is 1.26 bits per heavy atom. The fraction of sp³-hybridized carbons (Fsp3) is 0.118. The molecule has 5 nitrogen and oxygen atoms in total. The lowest BCUT2D eigenvalue weighted by Gasteiger charge is -2.05. The van der Waals surface area contributed by atoms with Crippen molar-refractivity contribution in [2.75, 3.05) is 5.32 Å². The number of thiophene rings is 1. The van der Waals surface area contributed by atoms with E-state index < -0.39 is 0 Å². The highest BCUT2D eigenvalue weighted by molar-refractivity contribution is 7.09. The molecule has 3 aromatic rings. The van der Waals surface area contributed by atoms with E-state index in [-0.39, 0.29) is 11.5 Å².